The number of thiophene rings is 1. The first-order chi connectivity index (χ1) is 7.24. The molecule has 0 aliphatic carbocycles. The van der Waals surface area contributed by atoms with Gasteiger partial charge in [-0.15, -0.1) is 11.3 Å². The SMILES string of the molecule is Cc1ccc(CNC2CCOC(C)C2)s1. The second-order valence-electron chi connectivity index (χ2n) is 4.30. The molecule has 2 atom stereocenters. The van der Waals surface area contributed by atoms with Gasteiger partial charge in [-0.3, -0.25) is 0 Å². The number of rotatable bonds is 3. The third kappa shape index (κ3) is 3.30. The summed E-state index contributed by atoms with van der Waals surface area (Å²) in [7, 11) is 0. The van der Waals surface area contributed by atoms with Crippen LogP contribution in [0, 0.1) is 6.92 Å². The van der Waals surface area contributed by atoms with E-state index in [0.29, 0.717) is 12.1 Å². The van der Waals surface area contributed by atoms with Gasteiger partial charge in [0.15, 0.2) is 0 Å². The first kappa shape index (κ1) is 11.1. The fraction of sp³-hybridized carbons (Fsp3) is 0.667. The molecule has 1 aromatic heterocycles. The number of hydrogen-bond acceptors (Lipinski definition) is 3. The van der Waals surface area contributed by atoms with Crippen molar-refractivity contribution in [3.8, 4) is 0 Å². The molecule has 0 saturated carbocycles. The minimum absolute atomic E-state index is 0.418. The Labute approximate surface area is 95.6 Å². The smallest absolute Gasteiger partial charge is 0.0561 e. The minimum Gasteiger partial charge on any atom is -0.378 e. The first-order valence-corrected chi connectivity index (χ1v) is 6.46. The van der Waals surface area contributed by atoms with Gasteiger partial charge in [0.1, 0.15) is 0 Å². The van der Waals surface area contributed by atoms with Gasteiger partial charge >= 0.3 is 0 Å². The van der Waals surface area contributed by atoms with Crippen LogP contribution in [-0.2, 0) is 11.3 Å². The molecule has 2 heterocycles. The summed E-state index contributed by atoms with van der Waals surface area (Å²) in [4.78, 5) is 2.83. The molecule has 15 heavy (non-hydrogen) atoms. The van der Waals surface area contributed by atoms with E-state index in [2.05, 4.69) is 31.3 Å². The highest BCUT2D eigenvalue weighted by atomic mass is 32.1. The molecule has 2 nitrogen and oxygen atoms in total. The van der Waals surface area contributed by atoms with Crippen LogP contribution in [0.1, 0.15) is 29.5 Å². The summed E-state index contributed by atoms with van der Waals surface area (Å²) >= 11 is 1.88. The third-order valence-electron chi connectivity index (χ3n) is 2.85. The van der Waals surface area contributed by atoms with Gasteiger partial charge in [0.05, 0.1) is 6.10 Å². The summed E-state index contributed by atoms with van der Waals surface area (Å²) < 4.78 is 5.53. The van der Waals surface area contributed by atoms with Gasteiger partial charge in [0.2, 0.25) is 0 Å². The predicted molar refractivity (Wildman–Crippen MR) is 64.3 cm³/mol. The quantitative estimate of drug-likeness (QED) is 0.854. The number of aryl methyl sites for hydroxylation is 1. The van der Waals surface area contributed by atoms with E-state index in [4.69, 9.17) is 4.74 Å². The molecule has 1 N–H and O–H groups in total. The van der Waals surface area contributed by atoms with Crippen LogP contribution in [0.5, 0.6) is 0 Å². The number of nitrogens with one attached hydrogen (secondary N) is 1. The monoisotopic (exact) mass is 225 g/mol. The number of ether oxygens (including phenoxy) is 1. The molecule has 0 aromatic carbocycles. The molecule has 2 unspecified atom stereocenters. The van der Waals surface area contributed by atoms with E-state index in [1.807, 2.05) is 11.3 Å². The van der Waals surface area contributed by atoms with Crippen molar-refractivity contribution < 1.29 is 4.74 Å². The molecule has 0 radical (unpaired) electrons. The molecule has 2 rings (SSSR count). The second kappa shape index (κ2) is 5.10. The van der Waals surface area contributed by atoms with Crippen LogP contribution >= 0.6 is 11.3 Å². The Morgan fingerprint density at radius 1 is 1.53 bits per heavy atom. The Morgan fingerprint density at radius 3 is 3.07 bits per heavy atom. The number of hydrogen-bond donors (Lipinski definition) is 1. The molecule has 84 valence electrons. The Kier molecular flexibility index (Phi) is 3.78. The van der Waals surface area contributed by atoms with E-state index in [9.17, 15) is 0 Å². The largest absolute Gasteiger partial charge is 0.378 e. The summed E-state index contributed by atoms with van der Waals surface area (Å²) in [6.45, 7) is 6.23. The predicted octanol–water partition coefficient (Wildman–Crippen LogP) is 2.71. The van der Waals surface area contributed by atoms with Crippen LogP contribution in [0.3, 0.4) is 0 Å². The lowest BCUT2D eigenvalue weighted by molar-refractivity contribution is 0.0131. The molecular weight excluding hydrogens is 206 g/mol. The van der Waals surface area contributed by atoms with Crippen molar-refractivity contribution in [1.29, 1.82) is 0 Å². The zero-order valence-electron chi connectivity index (χ0n) is 9.45. The van der Waals surface area contributed by atoms with Gasteiger partial charge in [-0.05, 0) is 38.8 Å². The van der Waals surface area contributed by atoms with E-state index in [1.54, 1.807) is 0 Å². The maximum Gasteiger partial charge on any atom is 0.0561 e. The minimum atomic E-state index is 0.418. The molecule has 0 spiro atoms. The van der Waals surface area contributed by atoms with Crippen LogP contribution in [0.15, 0.2) is 12.1 Å². The van der Waals surface area contributed by atoms with Crippen molar-refractivity contribution in [2.45, 2.75) is 45.4 Å². The third-order valence-corrected chi connectivity index (χ3v) is 3.85. The summed E-state index contributed by atoms with van der Waals surface area (Å²) in [6.07, 6.45) is 2.71. The van der Waals surface area contributed by atoms with Crippen LogP contribution < -0.4 is 5.32 Å². The van der Waals surface area contributed by atoms with Crippen molar-refractivity contribution >= 4 is 11.3 Å². The lowest BCUT2D eigenvalue weighted by Gasteiger charge is -2.27. The Balaban J connectivity index is 1.77. The Hall–Kier alpha value is -0.380. The highest BCUT2D eigenvalue weighted by Crippen LogP contribution is 2.17. The fourth-order valence-corrected chi connectivity index (χ4v) is 2.85. The summed E-state index contributed by atoms with van der Waals surface area (Å²) in [5.41, 5.74) is 0. The van der Waals surface area contributed by atoms with Crippen molar-refractivity contribution in [2.24, 2.45) is 0 Å². The topological polar surface area (TPSA) is 21.3 Å². The van der Waals surface area contributed by atoms with Crippen LogP contribution in [0.25, 0.3) is 0 Å². The van der Waals surface area contributed by atoms with Crippen LogP contribution in [0.2, 0.25) is 0 Å². The van der Waals surface area contributed by atoms with E-state index < -0.39 is 0 Å². The standard InChI is InChI=1S/C12H19NOS/c1-9-7-11(5-6-14-9)13-8-12-4-3-10(2)15-12/h3-4,9,11,13H,5-8H2,1-2H3. The molecule has 3 heteroatoms. The van der Waals surface area contributed by atoms with E-state index in [1.165, 1.54) is 9.75 Å². The van der Waals surface area contributed by atoms with Gasteiger partial charge in [-0.2, -0.15) is 0 Å². The zero-order chi connectivity index (χ0) is 10.7. The van der Waals surface area contributed by atoms with Crippen molar-refractivity contribution in [3.05, 3.63) is 21.9 Å². The highest BCUT2D eigenvalue weighted by molar-refractivity contribution is 7.11. The average molecular weight is 225 g/mol. The van der Waals surface area contributed by atoms with Gasteiger partial charge in [-0.25, -0.2) is 0 Å². The molecule has 1 aliphatic rings. The average Bonchev–Trinajstić information content (AvgIpc) is 2.62. The lowest BCUT2D eigenvalue weighted by atomic mass is 10.0. The second-order valence-corrected chi connectivity index (χ2v) is 5.67. The van der Waals surface area contributed by atoms with Gasteiger partial charge < -0.3 is 10.1 Å². The van der Waals surface area contributed by atoms with Gasteiger partial charge in [0.25, 0.3) is 0 Å². The Morgan fingerprint density at radius 2 is 2.40 bits per heavy atom. The van der Waals surface area contributed by atoms with E-state index >= 15 is 0 Å². The molecule has 1 saturated heterocycles. The van der Waals surface area contributed by atoms with Gasteiger partial charge in [-0.1, -0.05) is 0 Å². The fourth-order valence-electron chi connectivity index (χ4n) is 2.01. The molecule has 1 aromatic rings. The van der Waals surface area contributed by atoms with Crippen LogP contribution in [-0.4, -0.2) is 18.8 Å². The lowest BCUT2D eigenvalue weighted by Crippen LogP contribution is -2.37. The van der Waals surface area contributed by atoms with Crippen molar-refractivity contribution in [1.82, 2.24) is 5.32 Å². The zero-order valence-corrected chi connectivity index (χ0v) is 10.3. The normalized spacial score (nSPS) is 26.8. The molecule has 1 fully saturated rings. The summed E-state index contributed by atoms with van der Waals surface area (Å²) in [6, 6.07) is 5.04. The summed E-state index contributed by atoms with van der Waals surface area (Å²) in [5, 5.41) is 3.61. The molecule has 1 aliphatic heterocycles. The maximum absolute atomic E-state index is 5.53. The molecular formula is C12H19NOS. The van der Waals surface area contributed by atoms with Crippen molar-refractivity contribution in [2.75, 3.05) is 6.61 Å². The Bertz CT molecular complexity index is 310. The summed E-state index contributed by atoms with van der Waals surface area (Å²) in [5.74, 6) is 0. The molecule has 0 bridgehead atoms. The van der Waals surface area contributed by atoms with Crippen molar-refractivity contribution in [3.63, 3.8) is 0 Å². The first-order valence-electron chi connectivity index (χ1n) is 5.64. The van der Waals surface area contributed by atoms with E-state index in [-0.39, 0.29) is 0 Å². The maximum atomic E-state index is 5.53. The van der Waals surface area contributed by atoms with Gasteiger partial charge in [0, 0.05) is 28.9 Å². The molecule has 0 amide bonds. The van der Waals surface area contributed by atoms with Crippen LogP contribution in [0.4, 0.5) is 0 Å². The van der Waals surface area contributed by atoms with E-state index in [0.717, 1.165) is 26.0 Å². The highest BCUT2D eigenvalue weighted by Gasteiger charge is 2.18.